The van der Waals surface area contributed by atoms with Crippen molar-refractivity contribution in [2.24, 2.45) is 0 Å². The maximum absolute atomic E-state index is 13.0. The molecule has 1 N–H and O–H groups in total. The molecule has 3 aliphatic heterocycles. The Balaban J connectivity index is 1.31. The summed E-state index contributed by atoms with van der Waals surface area (Å²) in [4.78, 5) is 26.9. The largest absolute Gasteiger partial charge is 0.448 e. The Bertz CT molecular complexity index is 826. The quantitative estimate of drug-likeness (QED) is 0.790. The van der Waals surface area contributed by atoms with Crippen molar-refractivity contribution in [3.63, 3.8) is 0 Å². The van der Waals surface area contributed by atoms with Crippen molar-refractivity contribution in [3.8, 4) is 11.5 Å². The molecule has 8 heteroatoms. The van der Waals surface area contributed by atoms with Crippen molar-refractivity contribution in [1.29, 1.82) is 0 Å². The first kappa shape index (κ1) is 18.5. The third kappa shape index (κ3) is 3.05. The van der Waals surface area contributed by atoms with Crippen molar-refractivity contribution in [1.82, 2.24) is 4.90 Å². The first-order valence-corrected chi connectivity index (χ1v) is 12.0. The van der Waals surface area contributed by atoms with E-state index in [1.807, 2.05) is 18.2 Å². The van der Waals surface area contributed by atoms with E-state index in [0.29, 0.717) is 22.9 Å². The minimum Gasteiger partial charge on any atom is -0.448 e. The van der Waals surface area contributed by atoms with Crippen molar-refractivity contribution in [3.05, 3.63) is 18.2 Å². The molecule has 3 heterocycles. The average molecular weight is 421 g/mol. The molecule has 1 saturated carbocycles. The normalized spacial score (nSPS) is 30.4. The lowest BCUT2D eigenvalue weighted by Crippen LogP contribution is -2.56. The van der Waals surface area contributed by atoms with E-state index in [9.17, 15) is 9.59 Å². The standard InChI is InChI=1S/C20H24N2O4S2/c1-19-12-27-11-17(23)22(19)14(10-28-19)18(24)21-13-5-6-15-16(9-13)26-20(25-15)7-3-2-4-8-20/h5-6,9,14H,2-4,7-8,10-12H2,1H3,(H,21,24)/t14-,19-/m1/s1. The molecule has 150 valence electrons. The Morgan fingerprint density at radius 2 is 2.00 bits per heavy atom. The van der Waals surface area contributed by atoms with Crippen molar-refractivity contribution >= 4 is 41.0 Å². The summed E-state index contributed by atoms with van der Waals surface area (Å²) in [6.45, 7) is 2.05. The fraction of sp³-hybridized carbons (Fsp3) is 0.600. The number of amides is 2. The van der Waals surface area contributed by atoms with E-state index in [-0.39, 0.29) is 16.7 Å². The third-order valence-corrected chi connectivity index (χ3v) is 8.80. The molecule has 1 spiro atoms. The second-order valence-electron chi connectivity index (χ2n) is 8.08. The summed E-state index contributed by atoms with van der Waals surface area (Å²) in [5.41, 5.74) is 0.678. The van der Waals surface area contributed by atoms with E-state index in [2.05, 4.69) is 12.2 Å². The molecule has 1 aromatic carbocycles. The maximum atomic E-state index is 13.0. The van der Waals surface area contributed by atoms with Gasteiger partial charge < -0.3 is 19.7 Å². The second kappa shape index (κ2) is 6.76. The van der Waals surface area contributed by atoms with Gasteiger partial charge in [-0.3, -0.25) is 9.59 Å². The molecule has 1 aromatic rings. The van der Waals surface area contributed by atoms with Crippen LogP contribution in [0.1, 0.15) is 39.0 Å². The van der Waals surface area contributed by atoms with E-state index in [1.165, 1.54) is 6.42 Å². The molecule has 0 bridgehead atoms. The number of fused-ring (bicyclic) bond motifs is 2. The number of rotatable bonds is 2. The summed E-state index contributed by atoms with van der Waals surface area (Å²) < 4.78 is 12.3. The van der Waals surface area contributed by atoms with E-state index < -0.39 is 11.8 Å². The first-order valence-electron chi connectivity index (χ1n) is 9.85. The molecule has 5 rings (SSSR count). The predicted molar refractivity (Wildman–Crippen MR) is 111 cm³/mol. The van der Waals surface area contributed by atoms with Gasteiger partial charge >= 0.3 is 0 Å². The van der Waals surface area contributed by atoms with Gasteiger partial charge in [0.05, 0.1) is 10.6 Å². The van der Waals surface area contributed by atoms with Gasteiger partial charge in [0.25, 0.3) is 5.79 Å². The minimum absolute atomic E-state index is 0.0498. The van der Waals surface area contributed by atoms with Gasteiger partial charge in [0.15, 0.2) is 11.5 Å². The van der Waals surface area contributed by atoms with Gasteiger partial charge in [0.1, 0.15) is 6.04 Å². The molecule has 0 unspecified atom stereocenters. The molecular formula is C20H24N2O4S2. The SMILES string of the molecule is C[C@@]12CSCC(=O)N1[C@@H](C(=O)Nc1ccc3c(c1)OC1(CCCCC1)O3)CS2. The summed E-state index contributed by atoms with van der Waals surface area (Å²) in [5, 5.41) is 2.99. The van der Waals surface area contributed by atoms with E-state index in [4.69, 9.17) is 9.47 Å². The molecule has 0 radical (unpaired) electrons. The Hall–Kier alpha value is -1.54. The maximum Gasteiger partial charge on any atom is 0.251 e. The molecule has 0 aromatic heterocycles. The average Bonchev–Trinajstić information content (AvgIpc) is 3.20. The lowest BCUT2D eigenvalue weighted by Gasteiger charge is -2.40. The Kier molecular flexibility index (Phi) is 4.46. The van der Waals surface area contributed by atoms with Crippen LogP contribution in [0.25, 0.3) is 0 Å². The van der Waals surface area contributed by atoms with E-state index >= 15 is 0 Å². The highest BCUT2D eigenvalue weighted by molar-refractivity contribution is 8.04. The van der Waals surface area contributed by atoms with Crippen LogP contribution < -0.4 is 14.8 Å². The van der Waals surface area contributed by atoms with Crippen LogP contribution in [0, 0.1) is 0 Å². The third-order valence-electron chi connectivity index (χ3n) is 5.96. The number of benzene rings is 1. The van der Waals surface area contributed by atoms with Crippen LogP contribution >= 0.6 is 23.5 Å². The molecule has 2 amide bonds. The minimum atomic E-state index is -0.523. The highest BCUT2D eigenvalue weighted by Crippen LogP contribution is 2.47. The molecule has 28 heavy (non-hydrogen) atoms. The molecule has 2 saturated heterocycles. The van der Waals surface area contributed by atoms with Crippen LogP contribution in [-0.4, -0.2) is 50.7 Å². The van der Waals surface area contributed by atoms with Gasteiger partial charge in [-0.1, -0.05) is 6.42 Å². The predicted octanol–water partition coefficient (Wildman–Crippen LogP) is 3.46. The number of carbonyl (C=O) groups is 2. The molecule has 1 aliphatic carbocycles. The molecule has 6 nitrogen and oxygen atoms in total. The number of nitrogens with zero attached hydrogens (tertiary/aromatic N) is 1. The summed E-state index contributed by atoms with van der Waals surface area (Å²) in [6, 6.07) is 5.12. The molecule has 3 fully saturated rings. The van der Waals surface area contributed by atoms with Crippen LogP contribution in [0.5, 0.6) is 11.5 Å². The van der Waals surface area contributed by atoms with Gasteiger partial charge in [-0.05, 0) is 31.9 Å². The zero-order chi connectivity index (χ0) is 19.4. The van der Waals surface area contributed by atoms with Crippen molar-refractivity contribution < 1.29 is 19.1 Å². The summed E-state index contributed by atoms with van der Waals surface area (Å²) in [5.74, 6) is 2.76. The summed E-state index contributed by atoms with van der Waals surface area (Å²) >= 11 is 3.34. The Morgan fingerprint density at radius 1 is 1.21 bits per heavy atom. The zero-order valence-corrected chi connectivity index (χ0v) is 17.5. The fourth-order valence-electron chi connectivity index (χ4n) is 4.56. The second-order valence-corrected chi connectivity index (χ2v) is 10.6. The number of hydrogen-bond donors (Lipinski definition) is 1. The fourth-order valence-corrected chi connectivity index (χ4v) is 7.27. The monoisotopic (exact) mass is 420 g/mol. The number of thioether (sulfide) groups is 2. The smallest absolute Gasteiger partial charge is 0.251 e. The number of anilines is 1. The molecule has 4 aliphatic rings. The van der Waals surface area contributed by atoms with Gasteiger partial charge in [-0.2, -0.15) is 0 Å². The van der Waals surface area contributed by atoms with Gasteiger partial charge in [-0.15, -0.1) is 23.5 Å². The van der Waals surface area contributed by atoms with Gasteiger partial charge in [0.2, 0.25) is 11.8 Å². The topological polar surface area (TPSA) is 67.9 Å². The number of carbonyl (C=O) groups excluding carboxylic acids is 2. The highest BCUT2D eigenvalue weighted by atomic mass is 32.2. The lowest BCUT2D eigenvalue weighted by molar-refractivity contribution is -0.138. The molecular weight excluding hydrogens is 396 g/mol. The summed E-state index contributed by atoms with van der Waals surface area (Å²) in [7, 11) is 0. The Morgan fingerprint density at radius 3 is 2.82 bits per heavy atom. The van der Waals surface area contributed by atoms with Crippen LogP contribution in [0.3, 0.4) is 0 Å². The van der Waals surface area contributed by atoms with Crippen LogP contribution in [0.15, 0.2) is 18.2 Å². The number of ether oxygens (including phenoxy) is 2. The lowest BCUT2D eigenvalue weighted by atomic mass is 9.94. The van der Waals surface area contributed by atoms with E-state index in [1.54, 1.807) is 28.4 Å². The Labute approximate surface area is 173 Å². The van der Waals surface area contributed by atoms with Crippen LogP contribution in [0.4, 0.5) is 5.69 Å². The van der Waals surface area contributed by atoms with Crippen LogP contribution in [0.2, 0.25) is 0 Å². The van der Waals surface area contributed by atoms with Crippen molar-refractivity contribution in [2.75, 3.05) is 22.6 Å². The van der Waals surface area contributed by atoms with E-state index in [0.717, 1.165) is 37.2 Å². The zero-order valence-electron chi connectivity index (χ0n) is 15.9. The highest BCUT2D eigenvalue weighted by Gasteiger charge is 2.51. The van der Waals surface area contributed by atoms with Crippen molar-refractivity contribution in [2.45, 2.75) is 55.7 Å². The van der Waals surface area contributed by atoms with Gasteiger partial charge in [-0.25, -0.2) is 0 Å². The number of hydrogen-bond acceptors (Lipinski definition) is 6. The first-order chi connectivity index (χ1) is 13.5. The van der Waals surface area contributed by atoms with Gasteiger partial charge in [0, 0.05) is 36.1 Å². The van der Waals surface area contributed by atoms with Crippen LogP contribution in [-0.2, 0) is 9.59 Å². The summed E-state index contributed by atoms with van der Waals surface area (Å²) in [6.07, 6.45) is 5.24. The molecule has 2 atom stereocenters. The number of nitrogens with one attached hydrogen (secondary N) is 1.